The fourth-order valence-electron chi connectivity index (χ4n) is 2.72. The molecule has 0 saturated heterocycles. The fourth-order valence-corrected chi connectivity index (χ4v) is 2.86. The number of rotatable bonds is 9. The van der Waals surface area contributed by atoms with Crippen LogP contribution in [0.4, 0.5) is 0 Å². The van der Waals surface area contributed by atoms with Crippen molar-refractivity contribution in [2.75, 3.05) is 27.9 Å². The van der Waals surface area contributed by atoms with Crippen LogP contribution < -0.4 is 35.1 Å². The first-order chi connectivity index (χ1) is 15.8. The molecule has 0 aromatic heterocycles. The quantitative estimate of drug-likeness (QED) is 0.375. The van der Waals surface area contributed by atoms with E-state index in [9.17, 15) is 9.59 Å². The molecule has 0 spiro atoms. The second kappa shape index (κ2) is 12.5. The van der Waals surface area contributed by atoms with Crippen molar-refractivity contribution in [1.29, 1.82) is 0 Å². The number of benzene rings is 2. The van der Waals surface area contributed by atoms with Gasteiger partial charge in [0.05, 0.1) is 27.9 Å². The summed E-state index contributed by atoms with van der Waals surface area (Å²) in [6, 6.07) is 9.69. The van der Waals surface area contributed by atoms with E-state index in [1.807, 2.05) is 0 Å². The van der Waals surface area contributed by atoms with Crippen LogP contribution in [0.3, 0.4) is 0 Å². The molecular formula is C23H29N3O6S. The van der Waals surface area contributed by atoms with Crippen LogP contribution in [0.5, 0.6) is 23.0 Å². The molecule has 0 radical (unpaired) electrons. The van der Waals surface area contributed by atoms with Gasteiger partial charge < -0.3 is 18.9 Å². The van der Waals surface area contributed by atoms with Crippen molar-refractivity contribution in [1.82, 2.24) is 16.2 Å². The minimum absolute atomic E-state index is 0.0712. The summed E-state index contributed by atoms with van der Waals surface area (Å²) in [5.41, 5.74) is 5.55. The first-order valence-electron chi connectivity index (χ1n) is 10.2. The van der Waals surface area contributed by atoms with Crippen LogP contribution in [0.2, 0.25) is 0 Å². The molecule has 0 fully saturated rings. The minimum atomic E-state index is -0.520. The third-order valence-electron chi connectivity index (χ3n) is 4.52. The van der Waals surface area contributed by atoms with Crippen molar-refractivity contribution in [3.05, 3.63) is 47.5 Å². The number of hydrogen-bond acceptors (Lipinski definition) is 7. The van der Waals surface area contributed by atoms with E-state index >= 15 is 0 Å². The van der Waals surface area contributed by atoms with E-state index in [-0.39, 0.29) is 10.7 Å². The monoisotopic (exact) mass is 475 g/mol. The van der Waals surface area contributed by atoms with Gasteiger partial charge in [0.2, 0.25) is 5.75 Å². The molecule has 9 nitrogen and oxygen atoms in total. The average molecular weight is 476 g/mol. The summed E-state index contributed by atoms with van der Waals surface area (Å²) >= 11 is 5.09. The van der Waals surface area contributed by atoms with Crippen LogP contribution in [-0.2, 0) is 0 Å². The highest BCUT2D eigenvalue weighted by Crippen LogP contribution is 2.38. The van der Waals surface area contributed by atoms with E-state index in [0.717, 1.165) is 6.42 Å². The normalized spacial score (nSPS) is 10.2. The van der Waals surface area contributed by atoms with Crippen molar-refractivity contribution in [2.45, 2.75) is 20.3 Å². The predicted octanol–water partition coefficient (Wildman–Crippen LogP) is 3.09. The second-order valence-corrected chi connectivity index (χ2v) is 7.74. The van der Waals surface area contributed by atoms with Crippen LogP contribution in [0, 0.1) is 5.92 Å². The number of hydrogen-bond donors (Lipinski definition) is 3. The lowest BCUT2D eigenvalue weighted by molar-refractivity contribution is 0.0934. The van der Waals surface area contributed by atoms with Gasteiger partial charge in [-0.1, -0.05) is 13.8 Å². The van der Waals surface area contributed by atoms with Crippen LogP contribution >= 0.6 is 12.2 Å². The summed E-state index contributed by atoms with van der Waals surface area (Å²) in [6.07, 6.45) is 0.948. The maximum Gasteiger partial charge on any atom is 0.269 e. The molecule has 2 aromatic rings. The Morgan fingerprint density at radius 1 is 0.879 bits per heavy atom. The van der Waals surface area contributed by atoms with Gasteiger partial charge in [0.25, 0.3) is 11.8 Å². The van der Waals surface area contributed by atoms with Crippen LogP contribution in [0.15, 0.2) is 36.4 Å². The molecule has 0 unspecified atom stereocenters. The van der Waals surface area contributed by atoms with Gasteiger partial charge in [-0.3, -0.25) is 25.8 Å². The second-order valence-electron chi connectivity index (χ2n) is 7.33. The minimum Gasteiger partial charge on any atom is -0.494 e. The molecular weight excluding hydrogens is 446 g/mol. The van der Waals surface area contributed by atoms with Crippen molar-refractivity contribution in [3.63, 3.8) is 0 Å². The SMILES string of the molecule is COc1cc(C(=O)NNC(=S)NC(=O)c2ccc(OCCC(C)C)cc2)cc(OC)c1OC. The largest absolute Gasteiger partial charge is 0.494 e. The predicted molar refractivity (Wildman–Crippen MR) is 128 cm³/mol. The topological polar surface area (TPSA) is 107 Å². The highest BCUT2D eigenvalue weighted by Gasteiger charge is 2.17. The molecule has 0 saturated carbocycles. The van der Waals surface area contributed by atoms with Crippen LogP contribution in [0.1, 0.15) is 41.0 Å². The molecule has 3 N–H and O–H groups in total. The zero-order valence-corrected chi connectivity index (χ0v) is 20.1. The number of methoxy groups -OCH3 is 3. The molecule has 2 rings (SSSR count). The first-order valence-corrected chi connectivity index (χ1v) is 10.6. The Hall–Kier alpha value is -3.53. The summed E-state index contributed by atoms with van der Waals surface area (Å²) < 4.78 is 21.4. The first kappa shape index (κ1) is 25.7. The van der Waals surface area contributed by atoms with Gasteiger partial charge in [-0.05, 0) is 61.0 Å². The summed E-state index contributed by atoms with van der Waals surface area (Å²) in [7, 11) is 4.37. The van der Waals surface area contributed by atoms with E-state index in [0.29, 0.717) is 41.1 Å². The van der Waals surface area contributed by atoms with Gasteiger partial charge in [0.15, 0.2) is 16.6 Å². The molecule has 33 heavy (non-hydrogen) atoms. The lowest BCUT2D eigenvalue weighted by atomic mass is 10.1. The Morgan fingerprint density at radius 3 is 2.00 bits per heavy atom. The van der Waals surface area contributed by atoms with Gasteiger partial charge >= 0.3 is 0 Å². The average Bonchev–Trinajstić information content (AvgIpc) is 2.81. The van der Waals surface area contributed by atoms with Gasteiger partial charge in [-0.25, -0.2) is 0 Å². The van der Waals surface area contributed by atoms with Crippen molar-refractivity contribution in [3.8, 4) is 23.0 Å². The Balaban J connectivity index is 1.91. The molecule has 2 aromatic carbocycles. The van der Waals surface area contributed by atoms with E-state index < -0.39 is 11.8 Å². The molecule has 2 amide bonds. The third kappa shape index (κ3) is 7.53. The molecule has 0 aliphatic carbocycles. The molecule has 0 atom stereocenters. The zero-order chi connectivity index (χ0) is 24.4. The van der Waals surface area contributed by atoms with E-state index in [2.05, 4.69) is 30.0 Å². The standard InChI is InChI=1S/C23H29N3O6S/c1-14(2)10-11-32-17-8-6-15(7-9-17)21(27)24-23(33)26-25-22(28)16-12-18(29-3)20(31-5)19(13-16)30-4/h6-9,12-14H,10-11H2,1-5H3,(H,25,28)(H2,24,26,27,33). The summed E-state index contributed by atoms with van der Waals surface area (Å²) in [4.78, 5) is 24.9. The molecule has 0 aliphatic heterocycles. The zero-order valence-electron chi connectivity index (χ0n) is 19.3. The van der Waals surface area contributed by atoms with Gasteiger partial charge in [0, 0.05) is 11.1 Å². The lowest BCUT2D eigenvalue weighted by Gasteiger charge is -2.15. The van der Waals surface area contributed by atoms with Gasteiger partial charge in [0.1, 0.15) is 5.75 Å². The molecule has 0 heterocycles. The molecule has 10 heteroatoms. The number of thiocarbonyl (C=S) groups is 1. The Kier molecular flexibility index (Phi) is 9.74. The smallest absolute Gasteiger partial charge is 0.269 e. The van der Waals surface area contributed by atoms with Gasteiger partial charge in [-0.15, -0.1) is 0 Å². The fraction of sp³-hybridized carbons (Fsp3) is 0.348. The van der Waals surface area contributed by atoms with Crippen molar-refractivity contribution in [2.24, 2.45) is 5.92 Å². The van der Waals surface area contributed by atoms with E-state index in [1.165, 1.54) is 33.5 Å². The van der Waals surface area contributed by atoms with Gasteiger partial charge in [-0.2, -0.15) is 0 Å². The van der Waals surface area contributed by atoms with E-state index in [1.54, 1.807) is 24.3 Å². The molecule has 0 aliphatic rings. The Morgan fingerprint density at radius 2 is 1.48 bits per heavy atom. The third-order valence-corrected chi connectivity index (χ3v) is 4.73. The van der Waals surface area contributed by atoms with E-state index in [4.69, 9.17) is 31.2 Å². The summed E-state index contributed by atoms with van der Waals surface area (Å²) in [5.74, 6) is 1.31. The number of amides is 2. The summed E-state index contributed by atoms with van der Waals surface area (Å²) in [6.45, 7) is 4.87. The number of carbonyl (C=O) groups excluding carboxylic acids is 2. The highest BCUT2D eigenvalue weighted by atomic mass is 32.1. The maximum absolute atomic E-state index is 12.5. The van der Waals surface area contributed by atoms with Crippen molar-refractivity contribution >= 4 is 29.1 Å². The summed E-state index contributed by atoms with van der Waals surface area (Å²) in [5, 5.41) is 2.43. The number of hydrazine groups is 1. The number of ether oxygens (including phenoxy) is 4. The van der Waals surface area contributed by atoms with Crippen LogP contribution in [-0.4, -0.2) is 44.9 Å². The Bertz CT molecular complexity index is 954. The van der Waals surface area contributed by atoms with Crippen LogP contribution in [0.25, 0.3) is 0 Å². The maximum atomic E-state index is 12.5. The lowest BCUT2D eigenvalue weighted by Crippen LogP contribution is -2.48. The molecule has 0 bridgehead atoms. The number of carbonyl (C=O) groups is 2. The van der Waals surface area contributed by atoms with Crippen molar-refractivity contribution < 1.29 is 28.5 Å². The Labute approximate surface area is 198 Å². The molecule has 178 valence electrons. The number of nitrogens with one attached hydrogen (secondary N) is 3. The highest BCUT2D eigenvalue weighted by molar-refractivity contribution is 7.80.